The number of carboxylic acid groups (broad SMARTS) is 1. The van der Waals surface area contributed by atoms with E-state index in [1.54, 1.807) is 18.2 Å². The molecule has 2 N–H and O–H groups in total. The lowest BCUT2D eigenvalue weighted by Crippen LogP contribution is -2.39. The van der Waals surface area contributed by atoms with E-state index in [2.05, 4.69) is 21.2 Å². The van der Waals surface area contributed by atoms with Gasteiger partial charge < -0.3 is 10.4 Å². The lowest BCUT2D eigenvalue weighted by Gasteiger charge is -2.19. The molecule has 18 heavy (non-hydrogen) atoms. The van der Waals surface area contributed by atoms with Gasteiger partial charge in [0, 0.05) is 11.0 Å². The quantitative estimate of drug-likeness (QED) is 0.889. The molecule has 1 amide bonds. The van der Waals surface area contributed by atoms with Crippen LogP contribution in [0.5, 0.6) is 0 Å². The molecule has 0 unspecified atom stereocenters. The third-order valence-corrected chi connectivity index (χ3v) is 3.27. The Morgan fingerprint density at radius 1 is 1.44 bits per heavy atom. The fourth-order valence-electron chi connectivity index (χ4n) is 1.14. The average molecular weight is 335 g/mol. The Bertz CT molecular complexity index is 488. The van der Waals surface area contributed by atoms with E-state index < -0.39 is 17.3 Å². The number of halogens is 2. The van der Waals surface area contributed by atoms with Gasteiger partial charge in [-0.15, -0.1) is 0 Å². The van der Waals surface area contributed by atoms with Gasteiger partial charge in [0.1, 0.15) is 0 Å². The first kappa shape index (κ1) is 15.0. The molecule has 0 fully saturated rings. The topological polar surface area (TPSA) is 66.4 Å². The number of carboxylic acids is 1. The third kappa shape index (κ3) is 3.71. The van der Waals surface area contributed by atoms with Crippen LogP contribution < -0.4 is 5.32 Å². The van der Waals surface area contributed by atoms with E-state index in [1.165, 1.54) is 13.8 Å². The third-order valence-electron chi connectivity index (χ3n) is 2.44. The Morgan fingerprint density at radius 2 is 2.06 bits per heavy atom. The Labute approximate surface area is 118 Å². The van der Waals surface area contributed by atoms with Gasteiger partial charge in [-0.25, -0.2) is 0 Å². The first-order valence-corrected chi connectivity index (χ1v) is 6.38. The van der Waals surface area contributed by atoms with E-state index in [9.17, 15) is 9.59 Å². The fraction of sp³-hybridized carbons (Fsp3) is 0.333. The Morgan fingerprint density at radius 3 is 2.61 bits per heavy atom. The van der Waals surface area contributed by atoms with Crippen LogP contribution in [0, 0.1) is 5.41 Å². The zero-order valence-corrected chi connectivity index (χ0v) is 12.3. The van der Waals surface area contributed by atoms with Gasteiger partial charge in [-0.2, -0.15) is 0 Å². The molecular weight excluding hydrogens is 321 g/mol. The van der Waals surface area contributed by atoms with Crippen LogP contribution in [-0.2, 0) is 4.79 Å². The lowest BCUT2D eigenvalue weighted by atomic mass is 9.94. The molecule has 0 aliphatic rings. The van der Waals surface area contributed by atoms with E-state index >= 15 is 0 Å². The summed E-state index contributed by atoms with van der Waals surface area (Å²) in [6, 6.07) is 4.91. The number of hydrogen-bond acceptors (Lipinski definition) is 2. The van der Waals surface area contributed by atoms with Crippen molar-refractivity contribution in [3.05, 3.63) is 33.3 Å². The maximum atomic E-state index is 11.9. The molecule has 0 saturated carbocycles. The van der Waals surface area contributed by atoms with E-state index in [4.69, 9.17) is 16.7 Å². The Balaban J connectivity index is 2.78. The SMILES string of the molecule is CC(C)(CNC(=O)c1cc(Br)ccc1Cl)C(=O)O. The molecular formula is C12H13BrClNO3. The molecule has 1 aromatic carbocycles. The summed E-state index contributed by atoms with van der Waals surface area (Å²) in [6.45, 7) is 3.11. The van der Waals surface area contributed by atoms with Crippen LogP contribution in [0.4, 0.5) is 0 Å². The Hall–Kier alpha value is -1.07. The molecule has 0 heterocycles. The summed E-state index contributed by atoms with van der Waals surface area (Å²) in [5.74, 6) is -1.36. The maximum absolute atomic E-state index is 11.9. The van der Waals surface area contributed by atoms with Crippen molar-refractivity contribution < 1.29 is 14.7 Å². The van der Waals surface area contributed by atoms with Crippen molar-refractivity contribution in [2.45, 2.75) is 13.8 Å². The van der Waals surface area contributed by atoms with Gasteiger partial charge >= 0.3 is 5.97 Å². The second-order valence-electron chi connectivity index (χ2n) is 4.50. The van der Waals surface area contributed by atoms with Crippen molar-refractivity contribution >= 4 is 39.4 Å². The molecule has 0 radical (unpaired) electrons. The minimum atomic E-state index is -1.02. The van der Waals surface area contributed by atoms with Gasteiger partial charge in [0.15, 0.2) is 0 Å². The number of benzene rings is 1. The van der Waals surface area contributed by atoms with Crippen molar-refractivity contribution in [2.75, 3.05) is 6.54 Å². The first-order valence-electron chi connectivity index (χ1n) is 5.20. The molecule has 0 aliphatic heterocycles. The summed E-state index contributed by atoms with van der Waals surface area (Å²) < 4.78 is 0.731. The summed E-state index contributed by atoms with van der Waals surface area (Å²) >= 11 is 9.15. The number of aliphatic carboxylic acids is 1. The van der Waals surface area contributed by atoms with Gasteiger partial charge in [-0.05, 0) is 32.0 Å². The molecule has 0 aromatic heterocycles. The Kier molecular flexibility index (Phi) is 4.76. The van der Waals surface area contributed by atoms with Crippen molar-refractivity contribution in [2.24, 2.45) is 5.41 Å². The lowest BCUT2D eigenvalue weighted by molar-refractivity contribution is -0.146. The summed E-state index contributed by atoms with van der Waals surface area (Å²) in [5.41, 5.74) is -0.707. The second kappa shape index (κ2) is 5.71. The number of hydrogen-bond donors (Lipinski definition) is 2. The summed E-state index contributed by atoms with van der Waals surface area (Å²) in [4.78, 5) is 22.8. The van der Waals surface area contributed by atoms with E-state index in [-0.39, 0.29) is 6.54 Å². The predicted octanol–water partition coefficient (Wildman–Crippen LogP) is 2.94. The summed E-state index contributed by atoms with van der Waals surface area (Å²) in [6.07, 6.45) is 0. The highest BCUT2D eigenvalue weighted by Gasteiger charge is 2.27. The second-order valence-corrected chi connectivity index (χ2v) is 5.82. The van der Waals surface area contributed by atoms with Gasteiger partial charge in [0.05, 0.1) is 16.0 Å². The zero-order valence-electron chi connectivity index (χ0n) is 9.96. The standard InChI is InChI=1S/C12H13BrClNO3/c1-12(2,11(17)18)6-15-10(16)8-5-7(13)3-4-9(8)14/h3-5H,6H2,1-2H3,(H,15,16)(H,17,18). The van der Waals surface area contributed by atoms with Crippen LogP contribution in [0.3, 0.4) is 0 Å². The normalized spacial score (nSPS) is 11.1. The first-order chi connectivity index (χ1) is 8.24. The van der Waals surface area contributed by atoms with Gasteiger partial charge in [-0.1, -0.05) is 27.5 Å². The highest BCUT2D eigenvalue weighted by molar-refractivity contribution is 9.10. The van der Waals surface area contributed by atoms with Crippen LogP contribution in [-0.4, -0.2) is 23.5 Å². The van der Waals surface area contributed by atoms with Crippen LogP contribution in [0.1, 0.15) is 24.2 Å². The molecule has 98 valence electrons. The number of carbonyl (C=O) groups is 2. The number of nitrogens with one attached hydrogen (secondary N) is 1. The number of amides is 1. The van der Waals surface area contributed by atoms with Gasteiger partial charge in [0.25, 0.3) is 5.91 Å². The predicted molar refractivity (Wildman–Crippen MR) is 72.9 cm³/mol. The molecule has 1 rings (SSSR count). The molecule has 0 spiro atoms. The van der Waals surface area contributed by atoms with Crippen LogP contribution in [0.2, 0.25) is 5.02 Å². The monoisotopic (exact) mass is 333 g/mol. The van der Waals surface area contributed by atoms with Gasteiger partial charge in [-0.3, -0.25) is 9.59 Å². The minimum absolute atomic E-state index is 0.0318. The summed E-state index contributed by atoms with van der Waals surface area (Å²) in [7, 11) is 0. The minimum Gasteiger partial charge on any atom is -0.481 e. The maximum Gasteiger partial charge on any atom is 0.310 e. The highest BCUT2D eigenvalue weighted by Crippen LogP contribution is 2.21. The number of rotatable bonds is 4. The van der Waals surface area contributed by atoms with E-state index in [0.29, 0.717) is 10.6 Å². The molecule has 0 saturated heterocycles. The molecule has 0 bridgehead atoms. The number of carbonyl (C=O) groups excluding carboxylic acids is 1. The molecule has 1 aromatic rings. The van der Waals surface area contributed by atoms with Crippen molar-refractivity contribution in [3.8, 4) is 0 Å². The highest BCUT2D eigenvalue weighted by atomic mass is 79.9. The van der Waals surface area contributed by atoms with Gasteiger partial charge in [0.2, 0.25) is 0 Å². The van der Waals surface area contributed by atoms with E-state index in [0.717, 1.165) is 4.47 Å². The molecule has 0 atom stereocenters. The van der Waals surface area contributed by atoms with Crippen LogP contribution >= 0.6 is 27.5 Å². The molecule has 4 nitrogen and oxygen atoms in total. The van der Waals surface area contributed by atoms with E-state index in [1.807, 2.05) is 0 Å². The molecule has 0 aliphatic carbocycles. The zero-order chi connectivity index (χ0) is 13.9. The van der Waals surface area contributed by atoms with Crippen molar-refractivity contribution in [1.29, 1.82) is 0 Å². The van der Waals surface area contributed by atoms with Crippen LogP contribution in [0.25, 0.3) is 0 Å². The summed E-state index contributed by atoms with van der Waals surface area (Å²) in [5, 5.41) is 11.8. The molecule has 6 heteroatoms. The average Bonchev–Trinajstić information content (AvgIpc) is 2.29. The smallest absolute Gasteiger partial charge is 0.310 e. The van der Waals surface area contributed by atoms with Crippen molar-refractivity contribution in [3.63, 3.8) is 0 Å². The largest absolute Gasteiger partial charge is 0.481 e. The van der Waals surface area contributed by atoms with Crippen molar-refractivity contribution in [1.82, 2.24) is 5.32 Å². The van der Waals surface area contributed by atoms with Crippen LogP contribution in [0.15, 0.2) is 22.7 Å². The fourth-order valence-corrected chi connectivity index (χ4v) is 1.71.